The average molecular weight is 769 g/mol. The lowest BCUT2D eigenvalue weighted by atomic mass is 10.0. The molecule has 0 rings (SSSR count). The molecule has 312 valence electrons. The number of nitrogens with one attached hydrogen (secondary N) is 1. The number of phosphoric ester groups is 1. The van der Waals surface area contributed by atoms with E-state index in [1.807, 2.05) is 6.08 Å². The molecular weight excluding hydrogens is 683 g/mol. The molecule has 0 aromatic carbocycles. The number of allylic oxidation sites excluding steroid dienone is 5. The monoisotopic (exact) mass is 769 g/mol. The molecule has 0 heterocycles. The molecule has 0 saturated carbocycles. The van der Waals surface area contributed by atoms with Crippen LogP contribution in [0.15, 0.2) is 36.5 Å². The van der Waals surface area contributed by atoms with Gasteiger partial charge in [-0.05, 0) is 57.8 Å². The number of carbonyl (C=O) groups excluding carboxylic acids is 1. The third kappa shape index (κ3) is 38.8. The number of aliphatic hydroxyl groups is 1. The Hall–Kier alpha value is -1.28. The Morgan fingerprint density at radius 1 is 0.604 bits per heavy atom. The summed E-state index contributed by atoms with van der Waals surface area (Å²) < 4.78 is 22.1. The van der Waals surface area contributed by atoms with Crippen LogP contribution in [0.3, 0.4) is 0 Å². The Bertz CT molecular complexity index is 928. The maximum Gasteiger partial charge on any atom is 0.472 e. The molecule has 1 amide bonds. The minimum absolute atomic E-state index is 0.0737. The van der Waals surface area contributed by atoms with Gasteiger partial charge in [0.1, 0.15) is 0 Å². The van der Waals surface area contributed by atoms with E-state index in [4.69, 9.17) is 14.8 Å². The van der Waals surface area contributed by atoms with Crippen molar-refractivity contribution >= 4 is 13.7 Å². The Labute approximate surface area is 327 Å². The number of phosphoric acid groups is 1. The zero-order valence-electron chi connectivity index (χ0n) is 34.5. The predicted octanol–water partition coefficient (Wildman–Crippen LogP) is 12.3. The number of hydrogen-bond acceptors (Lipinski definition) is 6. The van der Waals surface area contributed by atoms with Gasteiger partial charge in [-0.2, -0.15) is 0 Å². The van der Waals surface area contributed by atoms with E-state index in [1.165, 1.54) is 148 Å². The average Bonchev–Trinajstić information content (AvgIpc) is 3.14. The third-order valence-corrected chi connectivity index (χ3v) is 10.7. The lowest BCUT2D eigenvalue weighted by Gasteiger charge is -2.23. The fourth-order valence-electron chi connectivity index (χ4n) is 6.32. The number of unbranched alkanes of at least 4 members (excludes halogenated alkanes) is 25. The second kappa shape index (κ2) is 40.4. The van der Waals surface area contributed by atoms with Crippen LogP contribution in [0.1, 0.15) is 206 Å². The van der Waals surface area contributed by atoms with E-state index < -0.39 is 20.0 Å². The highest BCUT2D eigenvalue weighted by Crippen LogP contribution is 2.43. The summed E-state index contributed by atoms with van der Waals surface area (Å²) in [5.74, 6) is -0.207. The van der Waals surface area contributed by atoms with Gasteiger partial charge in [0.05, 0.1) is 25.4 Å². The number of nitrogens with two attached hydrogens (primary N) is 1. The molecule has 0 aliphatic carbocycles. The maximum absolute atomic E-state index is 12.7. The van der Waals surface area contributed by atoms with Crippen molar-refractivity contribution in [3.05, 3.63) is 36.5 Å². The van der Waals surface area contributed by atoms with Gasteiger partial charge in [-0.1, -0.05) is 179 Å². The fraction of sp³-hybridized carbons (Fsp3) is 0.841. The second-order valence-electron chi connectivity index (χ2n) is 14.9. The number of amides is 1. The normalized spacial score (nSPS) is 14.4. The van der Waals surface area contributed by atoms with Gasteiger partial charge >= 0.3 is 7.82 Å². The van der Waals surface area contributed by atoms with Gasteiger partial charge in [0.25, 0.3) is 0 Å². The van der Waals surface area contributed by atoms with Crippen LogP contribution < -0.4 is 11.1 Å². The molecule has 3 atom stereocenters. The number of rotatable bonds is 41. The van der Waals surface area contributed by atoms with Crippen LogP contribution in [0.4, 0.5) is 0 Å². The Morgan fingerprint density at radius 3 is 1.45 bits per heavy atom. The summed E-state index contributed by atoms with van der Waals surface area (Å²) in [6.07, 6.45) is 47.7. The van der Waals surface area contributed by atoms with E-state index >= 15 is 0 Å². The largest absolute Gasteiger partial charge is 0.472 e. The molecule has 0 aliphatic rings. The van der Waals surface area contributed by atoms with Gasteiger partial charge in [0, 0.05) is 13.0 Å². The highest BCUT2D eigenvalue weighted by Gasteiger charge is 2.26. The summed E-state index contributed by atoms with van der Waals surface area (Å²) in [7, 11) is -4.34. The van der Waals surface area contributed by atoms with Gasteiger partial charge in [-0.25, -0.2) is 4.57 Å². The highest BCUT2D eigenvalue weighted by atomic mass is 31.2. The van der Waals surface area contributed by atoms with Crippen LogP contribution in [-0.2, 0) is 18.4 Å². The quantitative estimate of drug-likeness (QED) is 0.0277. The molecule has 5 N–H and O–H groups in total. The van der Waals surface area contributed by atoms with Crippen LogP contribution in [0.5, 0.6) is 0 Å². The van der Waals surface area contributed by atoms with Crippen LogP contribution in [0.2, 0.25) is 0 Å². The molecule has 9 heteroatoms. The van der Waals surface area contributed by atoms with Crippen molar-refractivity contribution in [1.29, 1.82) is 0 Å². The lowest BCUT2D eigenvalue weighted by molar-refractivity contribution is -0.123. The van der Waals surface area contributed by atoms with Crippen molar-refractivity contribution in [3.63, 3.8) is 0 Å². The van der Waals surface area contributed by atoms with Crippen molar-refractivity contribution in [2.24, 2.45) is 5.73 Å². The molecule has 8 nitrogen and oxygen atoms in total. The van der Waals surface area contributed by atoms with Crippen molar-refractivity contribution in [2.45, 2.75) is 219 Å². The summed E-state index contributed by atoms with van der Waals surface area (Å²) in [5, 5.41) is 13.6. The summed E-state index contributed by atoms with van der Waals surface area (Å²) in [5.41, 5.74) is 5.37. The van der Waals surface area contributed by atoms with Crippen molar-refractivity contribution in [3.8, 4) is 0 Å². The molecule has 0 fully saturated rings. The zero-order valence-corrected chi connectivity index (χ0v) is 35.4. The van der Waals surface area contributed by atoms with Crippen LogP contribution in [0, 0.1) is 0 Å². The fourth-order valence-corrected chi connectivity index (χ4v) is 7.08. The first-order valence-corrected chi connectivity index (χ1v) is 23.6. The molecule has 0 spiro atoms. The van der Waals surface area contributed by atoms with Gasteiger partial charge in [-0.15, -0.1) is 0 Å². The maximum atomic E-state index is 12.7. The van der Waals surface area contributed by atoms with E-state index in [9.17, 15) is 19.4 Å². The van der Waals surface area contributed by atoms with Crippen molar-refractivity contribution < 1.29 is 28.4 Å². The van der Waals surface area contributed by atoms with E-state index in [0.717, 1.165) is 38.5 Å². The summed E-state index contributed by atoms with van der Waals surface area (Å²) in [6.45, 7) is 4.10. The molecular formula is C44H85N2O6P. The summed E-state index contributed by atoms with van der Waals surface area (Å²) in [4.78, 5) is 22.7. The minimum atomic E-state index is -4.34. The van der Waals surface area contributed by atoms with Crippen LogP contribution in [0.25, 0.3) is 0 Å². The molecule has 0 bridgehead atoms. The first-order chi connectivity index (χ1) is 25.9. The van der Waals surface area contributed by atoms with Crippen molar-refractivity contribution in [1.82, 2.24) is 5.32 Å². The topological polar surface area (TPSA) is 131 Å². The Morgan fingerprint density at radius 2 is 1.00 bits per heavy atom. The molecule has 0 aromatic heterocycles. The third-order valence-electron chi connectivity index (χ3n) is 9.69. The van der Waals surface area contributed by atoms with Gasteiger partial charge in [0.2, 0.25) is 5.91 Å². The minimum Gasteiger partial charge on any atom is -0.387 e. The molecule has 0 aliphatic heterocycles. The molecule has 53 heavy (non-hydrogen) atoms. The molecule has 0 saturated heterocycles. The summed E-state index contributed by atoms with van der Waals surface area (Å²) in [6, 6.07) is -0.876. The van der Waals surface area contributed by atoms with Gasteiger partial charge in [-0.3, -0.25) is 13.8 Å². The number of aliphatic hydroxyl groups excluding tert-OH is 1. The highest BCUT2D eigenvalue weighted by molar-refractivity contribution is 7.47. The smallest absolute Gasteiger partial charge is 0.387 e. The van der Waals surface area contributed by atoms with Crippen molar-refractivity contribution in [2.75, 3.05) is 19.8 Å². The van der Waals surface area contributed by atoms with E-state index in [-0.39, 0.29) is 25.7 Å². The van der Waals surface area contributed by atoms with E-state index in [0.29, 0.717) is 6.42 Å². The standard InChI is InChI=1S/C44H85N2O6P/c1-3-5-7-9-11-13-15-17-18-19-20-21-22-23-24-26-28-30-32-34-36-38-44(48)46-42(41-52-53(49,50)51-40-39-45)43(47)37-35-33-31-29-27-25-16-14-12-10-8-6-4-2/h19-20,27,29,35,37,42-43,47H,3-18,21-26,28,30-34,36,38-41,45H2,1-2H3,(H,46,48)(H,49,50)/b20-19-,29-27+,37-35+. The predicted molar refractivity (Wildman–Crippen MR) is 226 cm³/mol. The lowest BCUT2D eigenvalue weighted by Crippen LogP contribution is -2.45. The van der Waals surface area contributed by atoms with Crippen LogP contribution >= 0.6 is 7.82 Å². The Balaban J connectivity index is 4.18. The van der Waals surface area contributed by atoms with Gasteiger partial charge < -0.3 is 21.1 Å². The first-order valence-electron chi connectivity index (χ1n) is 22.1. The Kier molecular flexibility index (Phi) is 39.4. The first kappa shape index (κ1) is 51.7. The molecule has 3 unspecified atom stereocenters. The summed E-state index contributed by atoms with van der Waals surface area (Å²) >= 11 is 0. The van der Waals surface area contributed by atoms with E-state index in [2.05, 4.69) is 43.5 Å². The van der Waals surface area contributed by atoms with E-state index in [1.54, 1.807) is 6.08 Å². The molecule has 0 aromatic rings. The molecule has 0 radical (unpaired) electrons. The number of carbonyl (C=O) groups is 1. The zero-order chi connectivity index (χ0) is 38.9. The van der Waals surface area contributed by atoms with Gasteiger partial charge in [0.15, 0.2) is 0 Å². The SMILES string of the molecule is CCCCCCCCC/C=C/CC/C=C/C(O)C(COP(=O)(O)OCCN)NC(=O)CCCCCCCCCCC/C=C\CCCCCCCCCC. The van der Waals surface area contributed by atoms with Crippen LogP contribution in [-0.4, -0.2) is 47.8 Å². The second-order valence-corrected chi connectivity index (χ2v) is 16.3. The number of hydrogen-bond donors (Lipinski definition) is 4.